The van der Waals surface area contributed by atoms with Crippen LogP contribution in [0.25, 0.3) is 16.7 Å². The molecule has 0 aliphatic heterocycles. The number of fused-ring (bicyclic) bond motifs is 1. The zero-order valence-corrected chi connectivity index (χ0v) is 11.5. The summed E-state index contributed by atoms with van der Waals surface area (Å²) in [6.45, 7) is 2.03. The van der Waals surface area contributed by atoms with Gasteiger partial charge in [0.05, 0.1) is 23.8 Å². The fourth-order valence-electron chi connectivity index (χ4n) is 2.29. The van der Waals surface area contributed by atoms with Crippen LogP contribution in [0.5, 0.6) is 5.75 Å². The molecule has 3 aromatic rings. The number of hydrogen-bond donors (Lipinski definition) is 0. The molecule has 0 bridgehead atoms. The average molecular weight is 273 g/mol. The first kappa shape index (κ1) is 12.1. The van der Waals surface area contributed by atoms with Crippen molar-refractivity contribution in [1.82, 2.24) is 9.55 Å². The Morgan fingerprint density at radius 1 is 1.11 bits per heavy atom. The molecule has 0 radical (unpaired) electrons. The minimum absolute atomic E-state index is 0.439. The fourth-order valence-corrected chi connectivity index (χ4v) is 2.56. The van der Waals surface area contributed by atoms with Gasteiger partial charge in [0.2, 0.25) is 5.28 Å². The molecule has 0 N–H and O–H groups in total. The van der Waals surface area contributed by atoms with Crippen LogP contribution in [0.1, 0.15) is 5.56 Å². The molecule has 0 saturated heterocycles. The molecule has 4 heteroatoms. The number of benzene rings is 2. The van der Waals surface area contributed by atoms with Crippen LogP contribution >= 0.6 is 11.6 Å². The molecular formula is C15H13ClN2O. The molecule has 0 amide bonds. The predicted molar refractivity (Wildman–Crippen MR) is 77.4 cm³/mol. The summed E-state index contributed by atoms with van der Waals surface area (Å²) >= 11 is 6.30. The maximum absolute atomic E-state index is 6.30. The van der Waals surface area contributed by atoms with Crippen LogP contribution in [-0.4, -0.2) is 16.7 Å². The highest BCUT2D eigenvalue weighted by molar-refractivity contribution is 6.29. The fraction of sp³-hybridized carbons (Fsp3) is 0.133. The van der Waals surface area contributed by atoms with Crippen molar-refractivity contribution >= 4 is 22.6 Å². The molecule has 1 heterocycles. The molecular weight excluding hydrogens is 260 g/mol. The highest BCUT2D eigenvalue weighted by Gasteiger charge is 2.15. The lowest BCUT2D eigenvalue weighted by molar-refractivity contribution is 0.413. The summed E-state index contributed by atoms with van der Waals surface area (Å²) in [7, 11) is 1.66. The summed E-state index contributed by atoms with van der Waals surface area (Å²) in [5, 5.41) is 0.439. The SMILES string of the molecule is COc1cccc(C)c1-n1c(Cl)nc2ccccc21. The lowest BCUT2D eigenvalue weighted by Gasteiger charge is -2.13. The van der Waals surface area contributed by atoms with E-state index >= 15 is 0 Å². The molecule has 19 heavy (non-hydrogen) atoms. The summed E-state index contributed by atoms with van der Waals surface area (Å²) in [6.07, 6.45) is 0. The largest absolute Gasteiger partial charge is 0.495 e. The summed E-state index contributed by atoms with van der Waals surface area (Å²) in [5.74, 6) is 0.782. The smallest absolute Gasteiger partial charge is 0.208 e. The maximum Gasteiger partial charge on any atom is 0.208 e. The Bertz CT molecular complexity index is 749. The van der Waals surface area contributed by atoms with Gasteiger partial charge in [0.1, 0.15) is 5.75 Å². The van der Waals surface area contributed by atoms with E-state index in [4.69, 9.17) is 16.3 Å². The number of nitrogens with zero attached hydrogens (tertiary/aromatic N) is 2. The van der Waals surface area contributed by atoms with E-state index in [9.17, 15) is 0 Å². The summed E-state index contributed by atoms with van der Waals surface area (Å²) in [5.41, 5.74) is 3.87. The van der Waals surface area contributed by atoms with E-state index in [0.29, 0.717) is 5.28 Å². The normalized spacial score (nSPS) is 10.9. The summed E-state index contributed by atoms with van der Waals surface area (Å²) < 4.78 is 7.37. The Balaban J connectivity index is 2.39. The van der Waals surface area contributed by atoms with Gasteiger partial charge in [-0.15, -0.1) is 0 Å². The quantitative estimate of drug-likeness (QED) is 0.705. The van der Waals surface area contributed by atoms with E-state index in [1.807, 2.05) is 54.0 Å². The predicted octanol–water partition coefficient (Wildman–Crippen LogP) is 4.00. The summed E-state index contributed by atoms with van der Waals surface area (Å²) in [4.78, 5) is 4.38. The Kier molecular flexibility index (Phi) is 2.91. The van der Waals surface area contributed by atoms with Crippen LogP contribution in [0.15, 0.2) is 42.5 Å². The zero-order chi connectivity index (χ0) is 13.4. The average Bonchev–Trinajstić information content (AvgIpc) is 2.74. The van der Waals surface area contributed by atoms with Crippen molar-refractivity contribution in [3.63, 3.8) is 0 Å². The minimum atomic E-state index is 0.439. The van der Waals surface area contributed by atoms with Gasteiger partial charge in [0.15, 0.2) is 0 Å². The van der Waals surface area contributed by atoms with Crippen LogP contribution in [0.4, 0.5) is 0 Å². The van der Waals surface area contributed by atoms with Crippen molar-refractivity contribution in [2.24, 2.45) is 0 Å². The molecule has 0 atom stereocenters. The van der Waals surface area contributed by atoms with Crippen molar-refractivity contribution in [1.29, 1.82) is 0 Å². The van der Waals surface area contributed by atoms with Crippen molar-refractivity contribution in [2.75, 3.05) is 7.11 Å². The first-order valence-corrected chi connectivity index (χ1v) is 6.37. The van der Waals surface area contributed by atoms with Gasteiger partial charge in [-0.1, -0.05) is 24.3 Å². The van der Waals surface area contributed by atoms with Crippen LogP contribution in [0.2, 0.25) is 5.28 Å². The Morgan fingerprint density at radius 2 is 1.89 bits per heavy atom. The number of imidazole rings is 1. The van der Waals surface area contributed by atoms with Gasteiger partial charge in [-0.2, -0.15) is 0 Å². The van der Waals surface area contributed by atoms with Crippen molar-refractivity contribution in [2.45, 2.75) is 6.92 Å². The Labute approximate surface area is 116 Å². The molecule has 3 rings (SSSR count). The van der Waals surface area contributed by atoms with E-state index in [0.717, 1.165) is 28.0 Å². The molecule has 2 aromatic carbocycles. The Morgan fingerprint density at radius 3 is 2.68 bits per heavy atom. The van der Waals surface area contributed by atoms with Crippen LogP contribution in [0.3, 0.4) is 0 Å². The molecule has 1 aromatic heterocycles. The number of halogens is 1. The molecule has 0 aliphatic rings. The number of ether oxygens (including phenoxy) is 1. The number of aryl methyl sites for hydroxylation is 1. The second kappa shape index (κ2) is 4.59. The van der Waals surface area contributed by atoms with Crippen LogP contribution in [-0.2, 0) is 0 Å². The molecule has 0 unspecified atom stereocenters. The molecule has 3 nitrogen and oxygen atoms in total. The van der Waals surface area contributed by atoms with E-state index < -0.39 is 0 Å². The highest BCUT2D eigenvalue weighted by Crippen LogP contribution is 2.32. The van der Waals surface area contributed by atoms with Gasteiger partial charge in [0, 0.05) is 0 Å². The zero-order valence-electron chi connectivity index (χ0n) is 10.7. The van der Waals surface area contributed by atoms with Crippen molar-refractivity contribution in [3.05, 3.63) is 53.3 Å². The van der Waals surface area contributed by atoms with Crippen LogP contribution in [0, 0.1) is 6.92 Å². The Hall–Kier alpha value is -2.00. The van der Waals surface area contributed by atoms with Gasteiger partial charge in [0.25, 0.3) is 0 Å². The topological polar surface area (TPSA) is 27.1 Å². The van der Waals surface area contributed by atoms with Crippen molar-refractivity contribution in [3.8, 4) is 11.4 Å². The van der Waals surface area contributed by atoms with E-state index in [1.54, 1.807) is 7.11 Å². The third-order valence-corrected chi connectivity index (χ3v) is 3.42. The second-order valence-electron chi connectivity index (χ2n) is 4.33. The number of hydrogen-bond acceptors (Lipinski definition) is 2. The van der Waals surface area contributed by atoms with Gasteiger partial charge in [-0.25, -0.2) is 4.98 Å². The number of aromatic nitrogens is 2. The number of methoxy groups -OCH3 is 1. The third kappa shape index (κ3) is 1.87. The molecule has 0 fully saturated rings. The number of para-hydroxylation sites is 3. The minimum Gasteiger partial charge on any atom is -0.495 e. The van der Waals surface area contributed by atoms with Crippen molar-refractivity contribution < 1.29 is 4.74 Å². The monoisotopic (exact) mass is 272 g/mol. The summed E-state index contributed by atoms with van der Waals surface area (Å²) in [6, 6.07) is 13.8. The highest BCUT2D eigenvalue weighted by atomic mass is 35.5. The maximum atomic E-state index is 6.30. The second-order valence-corrected chi connectivity index (χ2v) is 4.67. The van der Waals surface area contributed by atoms with Gasteiger partial charge >= 0.3 is 0 Å². The van der Waals surface area contributed by atoms with E-state index in [1.165, 1.54) is 0 Å². The first-order chi connectivity index (χ1) is 9.22. The standard InChI is InChI=1S/C15H13ClN2O/c1-10-6-5-9-13(19-2)14(10)18-12-8-4-3-7-11(12)17-15(18)16/h3-9H,1-2H3. The first-order valence-electron chi connectivity index (χ1n) is 5.99. The molecule has 0 saturated carbocycles. The third-order valence-electron chi connectivity index (χ3n) is 3.16. The van der Waals surface area contributed by atoms with E-state index in [2.05, 4.69) is 4.98 Å². The van der Waals surface area contributed by atoms with Gasteiger partial charge < -0.3 is 4.74 Å². The lowest BCUT2D eigenvalue weighted by Crippen LogP contribution is -2.00. The molecule has 96 valence electrons. The molecule has 0 spiro atoms. The number of rotatable bonds is 2. The van der Waals surface area contributed by atoms with Gasteiger partial charge in [-0.05, 0) is 42.3 Å². The van der Waals surface area contributed by atoms with Crippen LogP contribution < -0.4 is 4.74 Å². The van der Waals surface area contributed by atoms with E-state index in [-0.39, 0.29) is 0 Å². The lowest BCUT2D eigenvalue weighted by atomic mass is 10.1. The molecule has 0 aliphatic carbocycles. The van der Waals surface area contributed by atoms with Gasteiger partial charge in [-0.3, -0.25) is 4.57 Å².